The number of hydrogen-bond donors (Lipinski definition) is 1. The van der Waals surface area contributed by atoms with E-state index < -0.39 is 5.97 Å². The molecule has 7 nitrogen and oxygen atoms in total. The zero-order chi connectivity index (χ0) is 22.1. The largest absolute Gasteiger partial charge is 0.454 e. The number of carbonyl (C=O) groups excluding carboxylic acids is 2. The smallest absolute Gasteiger partial charge is 0.339 e. The number of cyclic esters (lactones) is 1. The van der Waals surface area contributed by atoms with Crippen LogP contribution in [0.5, 0.6) is 0 Å². The average Bonchev–Trinajstić information content (AvgIpc) is 3.34. The Kier molecular flexibility index (Phi) is 5.17. The average molecular weight is 445 g/mol. The first-order chi connectivity index (χ1) is 15.6. The number of nitrogens with zero attached hydrogens (tertiary/aromatic N) is 3. The van der Waals surface area contributed by atoms with Crippen LogP contribution in [0.1, 0.15) is 37.9 Å². The van der Waals surface area contributed by atoms with Gasteiger partial charge in [-0.25, -0.2) is 14.5 Å². The standard InChI is InChI=1S/C24H17ClN4O3/c25-18-7-9-21(29-14-26-13-27-29)20(12-18)28-23(30)16-6-8-19-17(10-16)11-22(32-24(19)31)15-4-2-1-3-5-15/h1-10,12-14,22H,11H2,(H,28,30)/t22-/m1/s1. The Morgan fingerprint density at radius 3 is 2.72 bits per heavy atom. The van der Waals surface area contributed by atoms with Crippen LogP contribution in [0.4, 0.5) is 5.69 Å². The Hall–Kier alpha value is -3.97. The van der Waals surface area contributed by atoms with Crippen molar-refractivity contribution < 1.29 is 14.3 Å². The number of rotatable bonds is 4. The number of anilines is 1. The van der Waals surface area contributed by atoms with Crippen LogP contribution in [0.3, 0.4) is 0 Å². The number of hydrogen-bond acceptors (Lipinski definition) is 5. The van der Waals surface area contributed by atoms with Gasteiger partial charge in [0.15, 0.2) is 0 Å². The highest BCUT2D eigenvalue weighted by Gasteiger charge is 2.28. The van der Waals surface area contributed by atoms with Crippen molar-refractivity contribution in [3.05, 3.63) is 107 Å². The molecule has 0 bridgehead atoms. The lowest BCUT2D eigenvalue weighted by molar-refractivity contribution is 0.0252. The van der Waals surface area contributed by atoms with E-state index in [4.69, 9.17) is 16.3 Å². The number of amides is 1. The van der Waals surface area contributed by atoms with Crippen LogP contribution in [0.2, 0.25) is 5.02 Å². The van der Waals surface area contributed by atoms with E-state index in [9.17, 15) is 9.59 Å². The van der Waals surface area contributed by atoms with Crippen molar-refractivity contribution in [2.75, 3.05) is 5.32 Å². The fourth-order valence-corrected chi connectivity index (χ4v) is 3.90. The molecule has 32 heavy (non-hydrogen) atoms. The van der Waals surface area contributed by atoms with Crippen molar-refractivity contribution in [2.45, 2.75) is 12.5 Å². The molecule has 1 N–H and O–H groups in total. The van der Waals surface area contributed by atoms with Crippen LogP contribution < -0.4 is 5.32 Å². The summed E-state index contributed by atoms with van der Waals surface area (Å²) in [6, 6.07) is 19.6. The second kappa shape index (κ2) is 8.28. The first-order valence-corrected chi connectivity index (χ1v) is 10.3. The lowest BCUT2D eigenvalue weighted by Crippen LogP contribution is -2.23. The van der Waals surface area contributed by atoms with Gasteiger partial charge in [-0.15, -0.1) is 0 Å². The molecule has 0 aliphatic carbocycles. The Balaban J connectivity index is 1.43. The predicted molar refractivity (Wildman–Crippen MR) is 119 cm³/mol. The van der Waals surface area contributed by atoms with E-state index in [2.05, 4.69) is 15.4 Å². The van der Waals surface area contributed by atoms with Crippen molar-refractivity contribution in [1.29, 1.82) is 0 Å². The SMILES string of the molecule is O=C(Nc1cc(Cl)ccc1-n1cncn1)c1ccc2c(c1)C[C@H](c1ccccc1)OC2=O. The van der Waals surface area contributed by atoms with Gasteiger partial charge in [-0.1, -0.05) is 41.9 Å². The topological polar surface area (TPSA) is 86.1 Å². The lowest BCUT2D eigenvalue weighted by Gasteiger charge is -2.25. The number of fused-ring (bicyclic) bond motifs is 1. The summed E-state index contributed by atoms with van der Waals surface area (Å²) in [6.45, 7) is 0. The molecule has 1 aliphatic heterocycles. The van der Waals surface area contributed by atoms with Gasteiger partial charge in [0.2, 0.25) is 0 Å². The molecular formula is C24H17ClN4O3. The van der Waals surface area contributed by atoms with E-state index in [-0.39, 0.29) is 12.0 Å². The second-order valence-electron chi connectivity index (χ2n) is 7.34. The zero-order valence-corrected chi connectivity index (χ0v) is 17.5. The molecule has 158 valence electrons. The molecule has 0 fully saturated rings. The van der Waals surface area contributed by atoms with Gasteiger partial charge in [-0.3, -0.25) is 4.79 Å². The third-order valence-electron chi connectivity index (χ3n) is 5.29. The fraction of sp³-hybridized carbons (Fsp3) is 0.0833. The summed E-state index contributed by atoms with van der Waals surface area (Å²) in [5, 5.41) is 7.48. The summed E-state index contributed by atoms with van der Waals surface area (Å²) in [5.74, 6) is -0.720. The molecule has 2 heterocycles. The van der Waals surface area contributed by atoms with Crippen LogP contribution in [0, 0.1) is 0 Å². The molecule has 4 aromatic rings. The number of esters is 1. The van der Waals surface area contributed by atoms with Gasteiger partial charge in [-0.2, -0.15) is 5.10 Å². The third-order valence-corrected chi connectivity index (χ3v) is 5.52. The Bertz CT molecular complexity index is 1310. The minimum absolute atomic E-state index is 0.327. The van der Waals surface area contributed by atoms with Gasteiger partial charge in [0.05, 0.1) is 16.9 Å². The van der Waals surface area contributed by atoms with E-state index in [0.717, 1.165) is 11.1 Å². The molecule has 0 unspecified atom stereocenters. The third kappa shape index (κ3) is 3.86. The van der Waals surface area contributed by atoms with Gasteiger partial charge < -0.3 is 10.1 Å². The molecule has 1 aromatic heterocycles. The molecule has 8 heteroatoms. The first kappa shape index (κ1) is 20.0. The summed E-state index contributed by atoms with van der Waals surface area (Å²) in [6.07, 6.45) is 3.05. The molecule has 1 aliphatic rings. The molecule has 1 atom stereocenters. The van der Waals surface area contributed by atoms with Crippen LogP contribution in [0.15, 0.2) is 79.4 Å². The number of nitrogens with one attached hydrogen (secondary N) is 1. The van der Waals surface area contributed by atoms with Crippen molar-refractivity contribution in [3.63, 3.8) is 0 Å². The quantitative estimate of drug-likeness (QED) is 0.464. The Morgan fingerprint density at radius 1 is 1.09 bits per heavy atom. The monoisotopic (exact) mass is 444 g/mol. The highest BCUT2D eigenvalue weighted by molar-refractivity contribution is 6.31. The van der Waals surface area contributed by atoms with Gasteiger partial charge in [0.1, 0.15) is 18.8 Å². The maximum Gasteiger partial charge on any atom is 0.339 e. The summed E-state index contributed by atoms with van der Waals surface area (Å²) in [4.78, 5) is 29.5. The molecule has 1 amide bonds. The van der Waals surface area contributed by atoms with E-state index in [1.807, 2.05) is 30.3 Å². The number of aromatic nitrogens is 3. The van der Waals surface area contributed by atoms with E-state index in [1.54, 1.807) is 41.1 Å². The number of benzene rings is 3. The molecule has 0 saturated carbocycles. The molecule has 0 radical (unpaired) electrons. The number of halogens is 1. The minimum Gasteiger partial charge on any atom is -0.454 e. The van der Waals surface area contributed by atoms with E-state index in [0.29, 0.717) is 33.9 Å². The molecule has 5 rings (SSSR count). The lowest BCUT2D eigenvalue weighted by atomic mass is 9.93. The summed E-state index contributed by atoms with van der Waals surface area (Å²) >= 11 is 6.14. The highest BCUT2D eigenvalue weighted by atomic mass is 35.5. The zero-order valence-electron chi connectivity index (χ0n) is 16.7. The van der Waals surface area contributed by atoms with Crippen molar-refractivity contribution in [2.24, 2.45) is 0 Å². The Labute approximate surface area is 188 Å². The van der Waals surface area contributed by atoms with Gasteiger partial charge in [0, 0.05) is 17.0 Å². The maximum atomic E-state index is 13.1. The first-order valence-electron chi connectivity index (χ1n) is 9.93. The predicted octanol–water partition coefficient (Wildman–Crippen LogP) is 4.63. The number of ether oxygens (including phenoxy) is 1. The van der Waals surface area contributed by atoms with Crippen LogP contribution in [-0.2, 0) is 11.2 Å². The van der Waals surface area contributed by atoms with Crippen LogP contribution >= 0.6 is 11.6 Å². The second-order valence-corrected chi connectivity index (χ2v) is 7.77. The normalized spacial score (nSPS) is 15.0. The molecule has 0 spiro atoms. The van der Waals surface area contributed by atoms with E-state index in [1.165, 1.54) is 12.7 Å². The fourth-order valence-electron chi connectivity index (χ4n) is 3.73. The molecular weight excluding hydrogens is 428 g/mol. The van der Waals surface area contributed by atoms with Crippen LogP contribution in [0.25, 0.3) is 5.69 Å². The van der Waals surface area contributed by atoms with Crippen molar-refractivity contribution in [3.8, 4) is 5.69 Å². The van der Waals surface area contributed by atoms with E-state index >= 15 is 0 Å². The van der Waals surface area contributed by atoms with Crippen molar-refractivity contribution >= 4 is 29.2 Å². The van der Waals surface area contributed by atoms with Gasteiger partial charge in [-0.05, 0) is 47.5 Å². The number of carbonyl (C=O) groups is 2. The summed E-state index contributed by atoms with van der Waals surface area (Å²) < 4.78 is 7.14. The summed E-state index contributed by atoms with van der Waals surface area (Å²) in [5.41, 5.74) is 3.70. The molecule has 3 aromatic carbocycles. The summed E-state index contributed by atoms with van der Waals surface area (Å²) in [7, 11) is 0. The molecule has 0 saturated heterocycles. The van der Waals surface area contributed by atoms with Gasteiger partial charge >= 0.3 is 5.97 Å². The highest BCUT2D eigenvalue weighted by Crippen LogP contribution is 2.31. The van der Waals surface area contributed by atoms with Crippen LogP contribution in [-0.4, -0.2) is 26.6 Å². The van der Waals surface area contributed by atoms with Crippen molar-refractivity contribution in [1.82, 2.24) is 14.8 Å². The van der Waals surface area contributed by atoms with Gasteiger partial charge in [0.25, 0.3) is 5.91 Å². The maximum absolute atomic E-state index is 13.1. The Morgan fingerprint density at radius 2 is 1.94 bits per heavy atom. The minimum atomic E-state index is -0.393.